The zero-order valence-electron chi connectivity index (χ0n) is 11.3. The number of furan rings is 1. The number of hydrogen-bond donors (Lipinski definition) is 2. The molecule has 3 rings (SSSR count). The van der Waals surface area contributed by atoms with E-state index in [2.05, 4.69) is 10.3 Å². The predicted molar refractivity (Wildman–Crippen MR) is 83.5 cm³/mol. The first-order valence-corrected chi connectivity index (χ1v) is 7.11. The number of benzene rings is 1. The molecule has 0 spiro atoms. The minimum Gasteiger partial charge on any atom is -0.467 e. The van der Waals surface area contributed by atoms with Crippen LogP contribution < -0.4 is 5.32 Å². The summed E-state index contributed by atoms with van der Waals surface area (Å²) in [5.74, 6) is 0.794. The molecule has 0 amide bonds. The average molecular weight is 303 g/mol. The molecule has 1 atom stereocenters. The van der Waals surface area contributed by atoms with Gasteiger partial charge in [0.05, 0.1) is 17.8 Å². The lowest BCUT2D eigenvalue weighted by molar-refractivity contribution is 0.273. The van der Waals surface area contributed by atoms with E-state index in [1.165, 1.54) is 0 Å². The van der Waals surface area contributed by atoms with Gasteiger partial charge in [0.25, 0.3) is 0 Å². The van der Waals surface area contributed by atoms with Gasteiger partial charge in [-0.1, -0.05) is 11.6 Å². The van der Waals surface area contributed by atoms with E-state index in [1.807, 2.05) is 36.4 Å². The summed E-state index contributed by atoms with van der Waals surface area (Å²) in [7, 11) is 0. The second-order valence-electron chi connectivity index (χ2n) is 4.74. The van der Waals surface area contributed by atoms with Crippen LogP contribution in [0.3, 0.4) is 0 Å². The summed E-state index contributed by atoms with van der Waals surface area (Å²) in [6.07, 6.45) is 3.93. The van der Waals surface area contributed by atoms with E-state index >= 15 is 0 Å². The van der Waals surface area contributed by atoms with Crippen LogP contribution in [0.1, 0.15) is 18.2 Å². The van der Waals surface area contributed by atoms with E-state index in [4.69, 9.17) is 16.0 Å². The van der Waals surface area contributed by atoms with Crippen LogP contribution in [0.15, 0.2) is 53.3 Å². The van der Waals surface area contributed by atoms with Gasteiger partial charge in [0.1, 0.15) is 5.76 Å². The third-order valence-corrected chi connectivity index (χ3v) is 3.57. The lowest BCUT2D eigenvalue weighted by Gasteiger charge is -2.18. The Balaban J connectivity index is 1.96. The SMILES string of the molecule is OCCC(Nc1ccnc2cc(Cl)ccc12)c1ccco1. The summed E-state index contributed by atoms with van der Waals surface area (Å²) in [4.78, 5) is 4.32. The van der Waals surface area contributed by atoms with Crippen LogP contribution in [0.4, 0.5) is 5.69 Å². The molecule has 2 aromatic heterocycles. The summed E-state index contributed by atoms with van der Waals surface area (Å²) in [6.45, 7) is 0.0766. The highest BCUT2D eigenvalue weighted by Crippen LogP contribution is 2.29. The van der Waals surface area contributed by atoms with E-state index in [1.54, 1.807) is 12.5 Å². The number of nitrogens with one attached hydrogen (secondary N) is 1. The monoisotopic (exact) mass is 302 g/mol. The van der Waals surface area contributed by atoms with Crippen molar-refractivity contribution < 1.29 is 9.52 Å². The van der Waals surface area contributed by atoms with E-state index in [-0.39, 0.29) is 12.6 Å². The van der Waals surface area contributed by atoms with Crippen LogP contribution in [-0.4, -0.2) is 16.7 Å². The molecule has 21 heavy (non-hydrogen) atoms. The lowest BCUT2D eigenvalue weighted by Crippen LogP contribution is -2.12. The minimum atomic E-state index is -0.0914. The fourth-order valence-corrected chi connectivity index (χ4v) is 2.51. The molecule has 4 nitrogen and oxygen atoms in total. The molecule has 0 aliphatic carbocycles. The Morgan fingerprint density at radius 1 is 1.29 bits per heavy atom. The second-order valence-corrected chi connectivity index (χ2v) is 5.18. The Hall–Kier alpha value is -2.04. The van der Waals surface area contributed by atoms with Crippen molar-refractivity contribution in [2.24, 2.45) is 0 Å². The summed E-state index contributed by atoms with van der Waals surface area (Å²) >= 11 is 6.00. The van der Waals surface area contributed by atoms with Crippen molar-refractivity contribution in [1.82, 2.24) is 4.98 Å². The summed E-state index contributed by atoms with van der Waals surface area (Å²) in [5, 5.41) is 14.3. The zero-order chi connectivity index (χ0) is 14.7. The smallest absolute Gasteiger partial charge is 0.126 e. The van der Waals surface area contributed by atoms with Gasteiger partial charge in [-0.15, -0.1) is 0 Å². The fraction of sp³-hybridized carbons (Fsp3) is 0.188. The number of aliphatic hydroxyl groups excluding tert-OH is 1. The number of halogens is 1. The Kier molecular flexibility index (Phi) is 4.08. The molecule has 0 bridgehead atoms. The van der Waals surface area contributed by atoms with Gasteiger partial charge in [0, 0.05) is 28.9 Å². The minimum absolute atomic E-state index is 0.0766. The molecule has 0 saturated carbocycles. The zero-order valence-corrected chi connectivity index (χ0v) is 12.0. The fourth-order valence-electron chi connectivity index (χ4n) is 2.34. The van der Waals surface area contributed by atoms with Gasteiger partial charge < -0.3 is 14.8 Å². The Morgan fingerprint density at radius 2 is 2.19 bits per heavy atom. The molecule has 0 aliphatic rings. The summed E-state index contributed by atoms with van der Waals surface area (Å²) in [6, 6.07) is 11.2. The number of nitrogens with zero attached hydrogens (tertiary/aromatic N) is 1. The Labute approximate surface area is 127 Å². The van der Waals surface area contributed by atoms with Crippen molar-refractivity contribution in [1.29, 1.82) is 0 Å². The number of anilines is 1. The first-order valence-electron chi connectivity index (χ1n) is 6.73. The van der Waals surface area contributed by atoms with Gasteiger partial charge in [0.15, 0.2) is 0 Å². The molecular formula is C16H15ClN2O2. The van der Waals surface area contributed by atoms with Crippen LogP contribution in [0.2, 0.25) is 5.02 Å². The van der Waals surface area contributed by atoms with Gasteiger partial charge in [-0.25, -0.2) is 0 Å². The molecule has 3 aromatic rings. The number of rotatable bonds is 5. The molecule has 1 unspecified atom stereocenters. The number of hydrogen-bond acceptors (Lipinski definition) is 4. The molecule has 0 aliphatic heterocycles. The van der Waals surface area contributed by atoms with Crippen molar-refractivity contribution in [2.75, 3.05) is 11.9 Å². The topological polar surface area (TPSA) is 58.3 Å². The van der Waals surface area contributed by atoms with Crippen molar-refractivity contribution in [2.45, 2.75) is 12.5 Å². The van der Waals surface area contributed by atoms with Crippen molar-refractivity contribution >= 4 is 28.2 Å². The van der Waals surface area contributed by atoms with Crippen molar-refractivity contribution in [3.63, 3.8) is 0 Å². The van der Waals surface area contributed by atoms with Crippen LogP contribution in [-0.2, 0) is 0 Å². The number of pyridine rings is 1. The summed E-state index contributed by atoms with van der Waals surface area (Å²) < 4.78 is 5.44. The lowest BCUT2D eigenvalue weighted by atomic mass is 10.1. The second kappa shape index (κ2) is 6.16. The van der Waals surface area contributed by atoms with Gasteiger partial charge >= 0.3 is 0 Å². The van der Waals surface area contributed by atoms with Crippen LogP contribution in [0.25, 0.3) is 10.9 Å². The molecule has 5 heteroatoms. The van der Waals surface area contributed by atoms with E-state index in [0.29, 0.717) is 11.4 Å². The van der Waals surface area contributed by atoms with E-state index in [9.17, 15) is 5.11 Å². The highest BCUT2D eigenvalue weighted by molar-refractivity contribution is 6.31. The quantitative estimate of drug-likeness (QED) is 0.747. The molecule has 2 N–H and O–H groups in total. The molecule has 108 valence electrons. The Bertz CT molecular complexity index is 728. The largest absolute Gasteiger partial charge is 0.467 e. The first kappa shape index (κ1) is 13.9. The van der Waals surface area contributed by atoms with Crippen LogP contribution >= 0.6 is 11.6 Å². The third-order valence-electron chi connectivity index (χ3n) is 3.34. The van der Waals surface area contributed by atoms with Crippen LogP contribution in [0, 0.1) is 0 Å². The molecule has 0 saturated heterocycles. The number of fused-ring (bicyclic) bond motifs is 1. The highest BCUT2D eigenvalue weighted by atomic mass is 35.5. The highest BCUT2D eigenvalue weighted by Gasteiger charge is 2.15. The third kappa shape index (κ3) is 3.01. The van der Waals surface area contributed by atoms with Gasteiger partial charge in [0.2, 0.25) is 0 Å². The molecule has 0 fully saturated rings. The maximum atomic E-state index is 9.25. The Morgan fingerprint density at radius 3 is 2.95 bits per heavy atom. The average Bonchev–Trinajstić information content (AvgIpc) is 3.01. The maximum Gasteiger partial charge on any atom is 0.126 e. The number of aromatic nitrogens is 1. The summed E-state index contributed by atoms with van der Waals surface area (Å²) in [5.41, 5.74) is 1.77. The van der Waals surface area contributed by atoms with Crippen LogP contribution in [0.5, 0.6) is 0 Å². The predicted octanol–water partition coefficient (Wildman–Crippen LogP) is 4.02. The molecule has 1 aromatic carbocycles. The molecular weight excluding hydrogens is 288 g/mol. The normalized spacial score (nSPS) is 12.5. The van der Waals surface area contributed by atoms with E-state index < -0.39 is 0 Å². The maximum absolute atomic E-state index is 9.25. The standard InChI is InChI=1S/C16H15ClN2O2/c17-11-3-4-12-13(5-7-18-15(12)10-11)19-14(6-8-20)16-2-1-9-21-16/h1-5,7,9-10,14,20H,6,8H2,(H,18,19). The molecule has 2 heterocycles. The molecule has 0 radical (unpaired) electrons. The van der Waals surface area contributed by atoms with E-state index in [0.717, 1.165) is 22.4 Å². The number of aliphatic hydroxyl groups is 1. The van der Waals surface area contributed by atoms with Gasteiger partial charge in [-0.3, -0.25) is 4.98 Å². The van der Waals surface area contributed by atoms with Crippen molar-refractivity contribution in [3.8, 4) is 0 Å². The first-order chi connectivity index (χ1) is 10.3. The van der Waals surface area contributed by atoms with Crippen molar-refractivity contribution in [3.05, 3.63) is 59.6 Å². The van der Waals surface area contributed by atoms with Gasteiger partial charge in [-0.2, -0.15) is 0 Å². The van der Waals surface area contributed by atoms with Gasteiger partial charge in [-0.05, 0) is 42.8 Å².